The van der Waals surface area contributed by atoms with Crippen molar-refractivity contribution in [2.45, 2.75) is 25.7 Å². The van der Waals surface area contributed by atoms with Gasteiger partial charge in [0.05, 0.1) is 0 Å². The first kappa shape index (κ1) is 7.19. The van der Waals surface area contributed by atoms with E-state index in [2.05, 4.69) is 17.1 Å². The minimum absolute atomic E-state index is 1.22. The molecule has 0 saturated heterocycles. The molecule has 1 N–H and O–H groups in total. The Labute approximate surface area is 77.8 Å². The van der Waals surface area contributed by atoms with Crippen LogP contribution in [-0.4, -0.2) is 4.98 Å². The van der Waals surface area contributed by atoms with E-state index in [0.717, 1.165) is 0 Å². The van der Waals surface area contributed by atoms with Gasteiger partial charge in [0, 0.05) is 16.6 Å². The summed E-state index contributed by atoms with van der Waals surface area (Å²) in [6.07, 6.45) is 5.12. The molecule has 1 heterocycles. The van der Waals surface area contributed by atoms with Crippen LogP contribution in [0, 0.1) is 6.07 Å². The third kappa shape index (κ3) is 0.998. The number of aromatic nitrogens is 1. The molecule has 0 amide bonds. The highest BCUT2D eigenvalue weighted by Crippen LogP contribution is 2.28. The van der Waals surface area contributed by atoms with Gasteiger partial charge >= 0.3 is 0 Å². The first-order valence-electron chi connectivity index (χ1n) is 4.95. The molecule has 0 atom stereocenters. The van der Waals surface area contributed by atoms with Gasteiger partial charge in [0.2, 0.25) is 0 Å². The number of hydrogen-bond donors (Lipinski definition) is 1. The Morgan fingerprint density at radius 3 is 3.15 bits per heavy atom. The second kappa shape index (κ2) is 2.63. The fourth-order valence-corrected chi connectivity index (χ4v) is 2.27. The average Bonchev–Trinajstić information content (AvgIpc) is 2.56. The van der Waals surface area contributed by atoms with E-state index in [1.54, 1.807) is 0 Å². The SMILES string of the molecule is [c]1cccc2[nH]c3c(c12)CCCC3. The molecule has 0 spiro atoms. The molecule has 1 aromatic heterocycles. The van der Waals surface area contributed by atoms with E-state index < -0.39 is 0 Å². The Morgan fingerprint density at radius 1 is 1.23 bits per heavy atom. The number of H-pyrrole nitrogens is 1. The maximum absolute atomic E-state index is 3.48. The van der Waals surface area contributed by atoms with E-state index in [-0.39, 0.29) is 0 Å². The fraction of sp³-hybridized carbons (Fsp3) is 0.333. The molecule has 13 heavy (non-hydrogen) atoms. The van der Waals surface area contributed by atoms with Crippen LogP contribution in [0.25, 0.3) is 10.9 Å². The number of hydrogen-bond acceptors (Lipinski definition) is 0. The summed E-state index contributed by atoms with van der Waals surface area (Å²) >= 11 is 0. The van der Waals surface area contributed by atoms with Crippen LogP contribution in [0.15, 0.2) is 18.2 Å². The molecule has 0 saturated carbocycles. The van der Waals surface area contributed by atoms with Crippen LogP contribution in [0.4, 0.5) is 0 Å². The topological polar surface area (TPSA) is 15.8 Å². The maximum Gasteiger partial charge on any atom is 0.0465 e. The molecule has 0 bridgehead atoms. The van der Waals surface area contributed by atoms with Gasteiger partial charge in [0.1, 0.15) is 0 Å². The minimum Gasteiger partial charge on any atom is -0.358 e. The zero-order valence-electron chi connectivity index (χ0n) is 7.56. The molecule has 1 radical (unpaired) electrons. The number of nitrogens with one attached hydrogen (secondary N) is 1. The molecular formula is C12H12N. The first-order valence-corrected chi connectivity index (χ1v) is 4.95. The number of rotatable bonds is 0. The fourth-order valence-electron chi connectivity index (χ4n) is 2.27. The smallest absolute Gasteiger partial charge is 0.0465 e. The van der Waals surface area contributed by atoms with Gasteiger partial charge in [-0.1, -0.05) is 12.1 Å². The molecule has 0 aliphatic heterocycles. The van der Waals surface area contributed by atoms with Gasteiger partial charge in [-0.2, -0.15) is 0 Å². The van der Waals surface area contributed by atoms with Crippen LogP contribution >= 0.6 is 0 Å². The Hall–Kier alpha value is -1.24. The van der Waals surface area contributed by atoms with Crippen LogP contribution in [-0.2, 0) is 12.8 Å². The maximum atomic E-state index is 3.48. The quantitative estimate of drug-likeness (QED) is 0.625. The third-order valence-electron chi connectivity index (χ3n) is 2.91. The summed E-state index contributed by atoms with van der Waals surface area (Å²) in [5, 5.41) is 1.32. The van der Waals surface area contributed by atoms with Crippen LogP contribution < -0.4 is 0 Å². The highest BCUT2D eigenvalue weighted by Gasteiger charge is 2.14. The minimum atomic E-state index is 1.22. The molecule has 1 heteroatoms. The molecule has 1 aliphatic carbocycles. The molecule has 0 fully saturated rings. The highest BCUT2D eigenvalue weighted by atomic mass is 14.7. The highest BCUT2D eigenvalue weighted by molar-refractivity contribution is 5.84. The standard InChI is InChI=1S/C12H12N/c1-3-7-11-9(5-1)10-6-2-4-8-12(10)13-11/h1,3,7,13H,2,4,6,8H2. The monoisotopic (exact) mass is 170 g/mol. The van der Waals surface area contributed by atoms with Crippen LogP contribution in [0.5, 0.6) is 0 Å². The second-order valence-electron chi connectivity index (χ2n) is 3.75. The second-order valence-corrected chi connectivity index (χ2v) is 3.75. The third-order valence-corrected chi connectivity index (χ3v) is 2.91. The van der Waals surface area contributed by atoms with Gasteiger partial charge in [-0.25, -0.2) is 0 Å². The van der Waals surface area contributed by atoms with Crippen molar-refractivity contribution in [1.29, 1.82) is 0 Å². The van der Waals surface area contributed by atoms with E-state index in [4.69, 9.17) is 0 Å². The molecule has 1 aliphatic rings. The van der Waals surface area contributed by atoms with Crippen LogP contribution in [0.3, 0.4) is 0 Å². The molecule has 3 rings (SSSR count). The van der Waals surface area contributed by atoms with Crippen molar-refractivity contribution in [2.24, 2.45) is 0 Å². The molecular weight excluding hydrogens is 158 g/mol. The van der Waals surface area contributed by atoms with E-state index >= 15 is 0 Å². The summed E-state index contributed by atoms with van der Waals surface area (Å²) in [4.78, 5) is 3.48. The van der Waals surface area contributed by atoms with E-state index in [0.29, 0.717) is 0 Å². The number of fused-ring (bicyclic) bond motifs is 3. The van der Waals surface area contributed by atoms with E-state index in [1.807, 2.05) is 12.1 Å². The van der Waals surface area contributed by atoms with Gasteiger partial charge in [0.25, 0.3) is 0 Å². The molecule has 1 nitrogen and oxygen atoms in total. The van der Waals surface area contributed by atoms with Crippen molar-refractivity contribution in [3.63, 3.8) is 0 Å². The van der Waals surface area contributed by atoms with Crippen molar-refractivity contribution in [3.8, 4) is 0 Å². The van der Waals surface area contributed by atoms with E-state index in [1.165, 1.54) is 47.8 Å². The molecule has 65 valence electrons. The molecule has 1 aromatic carbocycles. The molecule has 2 aromatic rings. The van der Waals surface area contributed by atoms with Crippen molar-refractivity contribution >= 4 is 10.9 Å². The Kier molecular flexibility index (Phi) is 1.45. The summed E-state index contributed by atoms with van der Waals surface area (Å²) in [5.41, 5.74) is 4.22. The lowest BCUT2D eigenvalue weighted by Crippen LogP contribution is -1.99. The number of aromatic amines is 1. The van der Waals surface area contributed by atoms with E-state index in [9.17, 15) is 0 Å². The normalized spacial score (nSPS) is 16.0. The van der Waals surface area contributed by atoms with Gasteiger partial charge in [-0.15, -0.1) is 0 Å². The first-order chi connectivity index (χ1) is 6.45. The largest absolute Gasteiger partial charge is 0.358 e. The number of benzene rings is 1. The lowest BCUT2D eigenvalue weighted by atomic mass is 9.96. The Balaban J connectivity index is 2.34. The van der Waals surface area contributed by atoms with Crippen LogP contribution in [0.2, 0.25) is 0 Å². The zero-order valence-corrected chi connectivity index (χ0v) is 7.56. The summed E-state index contributed by atoms with van der Waals surface area (Å²) < 4.78 is 0. The predicted octanol–water partition coefficient (Wildman–Crippen LogP) is 2.85. The Bertz CT molecular complexity index is 439. The Morgan fingerprint density at radius 2 is 2.15 bits per heavy atom. The number of aryl methyl sites for hydroxylation is 2. The summed E-state index contributed by atoms with van der Waals surface area (Å²) in [7, 11) is 0. The van der Waals surface area contributed by atoms with Crippen molar-refractivity contribution in [2.75, 3.05) is 0 Å². The van der Waals surface area contributed by atoms with Crippen LogP contribution in [0.1, 0.15) is 24.1 Å². The van der Waals surface area contributed by atoms with Gasteiger partial charge < -0.3 is 4.98 Å². The van der Waals surface area contributed by atoms with Crippen molar-refractivity contribution < 1.29 is 0 Å². The average molecular weight is 170 g/mol. The van der Waals surface area contributed by atoms with Gasteiger partial charge in [-0.3, -0.25) is 0 Å². The summed E-state index contributed by atoms with van der Waals surface area (Å²) in [6.45, 7) is 0. The molecule has 0 unspecified atom stereocenters. The van der Waals surface area contributed by atoms with Crippen molar-refractivity contribution in [3.05, 3.63) is 35.5 Å². The lowest BCUT2D eigenvalue weighted by Gasteiger charge is -2.09. The van der Waals surface area contributed by atoms with Gasteiger partial charge in [0.15, 0.2) is 0 Å². The summed E-state index contributed by atoms with van der Waals surface area (Å²) in [6, 6.07) is 9.52. The van der Waals surface area contributed by atoms with Gasteiger partial charge in [-0.05, 0) is 43.4 Å². The lowest BCUT2D eigenvalue weighted by molar-refractivity contribution is 0.680. The predicted molar refractivity (Wildman–Crippen MR) is 53.8 cm³/mol. The summed E-state index contributed by atoms with van der Waals surface area (Å²) in [5.74, 6) is 0. The zero-order chi connectivity index (χ0) is 8.67. The van der Waals surface area contributed by atoms with Crippen molar-refractivity contribution in [1.82, 2.24) is 4.98 Å².